The first-order valence-electron chi connectivity index (χ1n) is 5.31. The highest BCUT2D eigenvalue weighted by molar-refractivity contribution is 6.31. The summed E-state index contributed by atoms with van der Waals surface area (Å²) in [7, 11) is 0. The fraction of sp³-hybridized carbons (Fsp3) is 0. The second-order valence-electron chi connectivity index (χ2n) is 3.68. The second-order valence-corrected chi connectivity index (χ2v) is 4.12. The highest BCUT2D eigenvalue weighted by Gasteiger charge is 2.10. The molecule has 2 aromatic carbocycles. The van der Waals surface area contributed by atoms with Crippen molar-refractivity contribution in [2.75, 3.05) is 0 Å². The van der Waals surface area contributed by atoms with Crippen LogP contribution >= 0.6 is 11.6 Å². The van der Waals surface area contributed by atoms with Gasteiger partial charge < -0.3 is 15.7 Å². The van der Waals surface area contributed by atoms with Crippen molar-refractivity contribution in [2.24, 2.45) is 10.9 Å². The summed E-state index contributed by atoms with van der Waals surface area (Å²) in [4.78, 5) is 0. The summed E-state index contributed by atoms with van der Waals surface area (Å²) in [6.07, 6.45) is 0. The van der Waals surface area contributed by atoms with E-state index in [0.29, 0.717) is 22.1 Å². The van der Waals surface area contributed by atoms with Crippen LogP contribution in [0.3, 0.4) is 0 Å². The summed E-state index contributed by atoms with van der Waals surface area (Å²) in [6, 6.07) is 10.2. The minimum atomic E-state index is -0.361. The fourth-order valence-electron chi connectivity index (χ4n) is 1.47. The largest absolute Gasteiger partial charge is 0.457 e. The van der Waals surface area contributed by atoms with Gasteiger partial charge in [-0.25, -0.2) is 4.39 Å². The van der Waals surface area contributed by atoms with Gasteiger partial charge in [0.1, 0.15) is 17.3 Å². The Balaban J connectivity index is 2.37. The second kappa shape index (κ2) is 5.58. The molecule has 0 fully saturated rings. The number of benzene rings is 2. The van der Waals surface area contributed by atoms with Crippen LogP contribution in [0.15, 0.2) is 47.6 Å². The molecule has 2 aromatic rings. The van der Waals surface area contributed by atoms with E-state index < -0.39 is 0 Å². The molecular formula is C13H10ClFN2O2. The zero-order valence-corrected chi connectivity index (χ0v) is 10.4. The maximum absolute atomic E-state index is 12.8. The minimum absolute atomic E-state index is 0.125. The smallest absolute Gasteiger partial charge is 0.173 e. The lowest BCUT2D eigenvalue weighted by Gasteiger charge is -2.10. The van der Waals surface area contributed by atoms with Crippen molar-refractivity contribution in [1.29, 1.82) is 0 Å². The van der Waals surface area contributed by atoms with E-state index in [9.17, 15) is 4.39 Å². The molecule has 0 radical (unpaired) electrons. The van der Waals surface area contributed by atoms with Gasteiger partial charge in [-0.15, -0.1) is 0 Å². The van der Waals surface area contributed by atoms with Crippen molar-refractivity contribution in [3.8, 4) is 11.5 Å². The van der Waals surface area contributed by atoms with Crippen LogP contribution in [0, 0.1) is 5.82 Å². The van der Waals surface area contributed by atoms with Crippen molar-refractivity contribution in [3.63, 3.8) is 0 Å². The number of rotatable bonds is 3. The lowest BCUT2D eigenvalue weighted by Crippen LogP contribution is -2.14. The average Bonchev–Trinajstić information content (AvgIpc) is 2.42. The quantitative estimate of drug-likeness (QED) is 0.392. The number of oxime groups is 1. The van der Waals surface area contributed by atoms with Crippen molar-refractivity contribution < 1.29 is 14.3 Å². The van der Waals surface area contributed by atoms with Gasteiger partial charge in [0.2, 0.25) is 0 Å². The number of halogens is 2. The Bertz CT molecular complexity index is 615. The molecule has 0 aliphatic rings. The minimum Gasteiger partial charge on any atom is -0.457 e. The van der Waals surface area contributed by atoms with E-state index in [1.165, 1.54) is 30.3 Å². The molecule has 0 atom stereocenters. The number of hydrogen-bond donors (Lipinski definition) is 2. The molecule has 98 valence electrons. The lowest BCUT2D eigenvalue weighted by atomic mass is 10.2. The Kier molecular flexibility index (Phi) is 3.87. The van der Waals surface area contributed by atoms with E-state index in [1.807, 2.05) is 0 Å². The standard InChI is InChI=1S/C13H10ClFN2O2/c14-8-1-6-12(11(7-8)13(16)17-18)19-10-4-2-9(15)3-5-10/h1-7,18H,(H2,16,17). The molecule has 19 heavy (non-hydrogen) atoms. The van der Waals surface area contributed by atoms with Crippen LogP contribution in [-0.2, 0) is 0 Å². The molecule has 0 aliphatic heterocycles. The summed E-state index contributed by atoms with van der Waals surface area (Å²) in [5, 5.41) is 12.1. The molecule has 0 saturated carbocycles. The molecule has 0 unspecified atom stereocenters. The van der Waals surface area contributed by atoms with E-state index in [4.69, 9.17) is 27.3 Å². The zero-order valence-electron chi connectivity index (χ0n) is 9.68. The van der Waals surface area contributed by atoms with E-state index in [1.54, 1.807) is 12.1 Å². The number of hydrogen-bond acceptors (Lipinski definition) is 3. The SMILES string of the molecule is NC(=NO)c1cc(Cl)ccc1Oc1ccc(F)cc1. The predicted molar refractivity (Wildman–Crippen MR) is 70.4 cm³/mol. The Hall–Kier alpha value is -2.27. The number of ether oxygens (including phenoxy) is 1. The third-order valence-electron chi connectivity index (χ3n) is 2.37. The third kappa shape index (κ3) is 3.14. The van der Waals surface area contributed by atoms with Crippen molar-refractivity contribution in [3.05, 3.63) is 58.9 Å². The predicted octanol–water partition coefficient (Wildman–Crippen LogP) is 3.37. The highest BCUT2D eigenvalue weighted by atomic mass is 35.5. The van der Waals surface area contributed by atoms with Gasteiger partial charge in [0.05, 0.1) is 5.56 Å². The Labute approximate surface area is 113 Å². The highest BCUT2D eigenvalue weighted by Crippen LogP contribution is 2.27. The number of nitrogens with zero attached hydrogens (tertiary/aromatic N) is 1. The van der Waals surface area contributed by atoms with Crippen molar-refractivity contribution in [2.45, 2.75) is 0 Å². The maximum atomic E-state index is 12.8. The van der Waals surface area contributed by atoms with Crippen molar-refractivity contribution >= 4 is 17.4 Å². The van der Waals surface area contributed by atoms with Gasteiger partial charge in [-0.2, -0.15) is 0 Å². The molecule has 0 heterocycles. The summed E-state index contributed by atoms with van der Waals surface area (Å²) in [5.74, 6) is 0.293. The molecule has 0 spiro atoms. The monoisotopic (exact) mass is 280 g/mol. The molecule has 2 rings (SSSR count). The first kappa shape index (κ1) is 13.2. The van der Waals surface area contributed by atoms with Gasteiger partial charge in [-0.1, -0.05) is 16.8 Å². The summed E-state index contributed by atoms with van der Waals surface area (Å²) in [5.41, 5.74) is 5.89. The topological polar surface area (TPSA) is 67.8 Å². The Morgan fingerprint density at radius 2 is 1.89 bits per heavy atom. The van der Waals surface area contributed by atoms with E-state index in [0.717, 1.165) is 0 Å². The molecule has 0 amide bonds. The molecule has 0 aliphatic carbocycles. The van der Waals surface area contributed by atoms with Crippen LogP contribution in [0.4, 0.5) is 4.39 Å². The van der Waals surface area contributed by atoms with Crippen LogP contribution in [0.1, 0.15) is 5.56 Å². The molecular weight excluding hydrogens is 271 g/mol. The average molecular weight is 281 g/mol. The van der Waals surface area contributed by atoms with Gasteiger partial charge in [0, 0.05) is 5.02 Å². The first-order valence-corrected chi connectivity index (χ1v) is 5.69. The normalized spacial score (nSPS) is 11.4. The maximum Gasteiger partial charge on any atom is 0.173 e. The third-order valence-corrected chi connectivity index (χ3v) is 2.60. The van der Waals surface area contributed by atoms with Gasteiger partial charge >= 0.3 is 0 Å². The Morgan fingerprint density at radius 1 is 1.21 bits per heavy atom. The Morgan fingerprint density at radius 3 is 2.53 bits per heavy atom. The van der Waals surface area contributed by atoms with Crippen LogP contribution < -0.4 is 10.5 Å². The fourth-order valence-corrected chi connectivity index (χ4v) is 1.65. The van der Waals surface area contributed by atoms with Crippen LogP contribution in [0.5, 0.6) is 11.5 Å². The zero-order chi connectivity index (χ0) is 13.8. The number of nitrogens with two attached hydrogens (primary N) is 1. The molecule has 0 aromatic heterocycles. The van der Waals surface area contributed by atoms with Crippen molar-refractivity contribution in [1.82, 2.24) is 0 Å². The summed E-state index contributed by atoms with van der Waals surface area (Å²) >= 11 is 5.84. The molecule has 4 nitrogen and oxygen atoms in total. The van der Waals surface area contributed by atoms with Crippen LogP contribution in [0.2, 0.25) is 5.02 Å². The first-order chi connectivity index (χ1) is 9.10. The van der Waals surface area contributed by atoms with Gasteiger partial charge in [-0.3, -0.25) is 0 Å². The van der Waals surface area contributed by atoms with E-state index in [2.05, 4.69) is 5.16 Å². The lowest BCUT2D eigenvalue weighted by molar-refractivity contribution is 0.318. The summed E-state index contributed by atoms with van der Waals surface area (Å²) < 4.78 is 18.3. The number of amidine groups is 1. The van der Waals surface area contributed by atoms with Gasteiger partial charge in [0.15, 0.2) is 5.84 Å². The molecule has 6 heteroatoms. The molecule has 0 bridgehead atoms. The van der Waals surface area contributed by atoms with Crippen LogP contribution in [0.25, 0.3) is 0 Å². The molecule has 3 N–H and O–H groups in total. The van der Waals surface area contributed by atoms with Crippen LogP contribution in [-0.4, -0.2) is 11.0 Å². The van der Waals surface area contributed by atoms with Gasteiger partial charge in [0.25, 0.3) is 0 Å². The molecule has 0 saturated heterocycles. The van der Waals surface area contributed by atoms with E-state index in [-0.39, 0.29) is 11.7 Å². The van der Waals surface area contributed by atoms with Gasteiger partial charge in [-0.05, 0) is 42.5 Å². The van der Waals surface area contributed by atoms with E-state index >= 15 is 0 Å². The summed E-state index contributed by atoms with van der Waals surface area (Å²) in [6.45, 7) is 0.